The third kappa shape index (κ3) is 2.88. The van der Waals surface area contributed by atoms with Gasteiger partial charge in [0.2, 0.25) is 0 Å². The third-order valence-electron chi connectivity index (χ3n) is 2.65. The Balaban J connectivity index is 2.10. The summed E-state index contributed by atoms with van der Waals surface area (Å²) in [6, 6.07) is 10.1. The lowest BCUT2D eigenvalue weighted by Crippen LogP contribution is -2.03. The first-order valence-electron chi connectivity index (χ1n) is 5.92. The van der Waals surface area contributed by atoms with Crippen LogP contribution in [0.2, 0.25) is 0 Å². The van der Waals surface area contributed by atoms with Gasteiger partial charge < -0.3 is 5.32 Å². The van der Waals surface area contributed by atoms with E-state index in [4.69, 9.17) is 5.26 Å². The van der Waals surface area contributed by atoms with Crippen LogP contribution in [-0.4, -0.2) is 4.98 Å². The molecular formula is C14H15N3S. The van der Waals surface area contributed by atoms with E-state index in [2.05, 4.69) is 35.4 Å². The molecule has 4 heteroatoms. The van der Waals surface area contributed by atoms with Crippen molar-refractivity contribution in [1.29, 1.82) is 5.26 Å². The van der Waals surface area contributed by atoms with Gasteiger partial charge in [0.25, 0.3) is 0 Å². The molecular weight excluding hydrogens is 242 g/mol. The Bertz CT molecular complexity index is 581. The summed E-state index contributed by atoms with van der Waals surface area (Å²) in [4.78, 5) is 7.00. The zero-order valence-corrected chi connectivity index (χ0v) is 11.3. The standard InChI is InChI=1S/C14H15N3S/c1-3-12-6-7-13(18-12)9-16-14-11(8-15)5-4-10(2)17-14/h4-7H,3,9H2,1-2H3,(H,16,17). The molecule has 0 saturated heterocycles. The zero-order valence-electron chi connectivity index (χ0n) is 10.5. The van der Waals surface area contributed by atoms with Crippen molar-refractivity contribution < 1.29 is 0 Å². The lowest BCUT2D eigenvalue weighted by Gasteiger charge is -2.06. The Hall–Kier alpha value is -1.86. The van der Waals surface area contributed by atoms with Gasteiger partial charge in [0, 0.05) is 15.4 Å². The number of nitriles is 1. The first-order chi connectivity index (χ1) is 8.72. The predicted octanol–water partition coefficient (Wildman–Crippen LogP) is 3.50. The van der Waals surface area contributed by atoms with Gasteiger partial charge in [-0.05, 0) is 37.6 Å². The summed E-state index contributed by atoms with van der Waals surface area (Å²) in [6.45, 7) is 4.79. The molecule has 0 aliphatic rings. The number of hydrogen-bond acceptors (Lipinski definition) is 4. The minimum Gasteiger partial charge on any atom is -0.364 e. The fraction of sp³-hybridized carbons (Fsp3) is 0.286. The second kappa shape index (κ2) is 5.65. The molecule has 0 atom stereocenters. The van der Waals surface area contributed by atoms with Crippen molar-refractivity contribution in [3.8, 4) is 6.07 Å². The van der Waals surface area contributed by atoms with Crippen molar-refractivity contribution in [3.63, 3.8) is 0 Å². The fourth-order valence-corrected chi connectivity index (χ4v) is 2.56. The highest BCUT2D eigenvalue weighted by Crippen LogP contribution is 2.19. The Morgan fingerprint density at radius 1 is 1.28 bits per heavy atom. The van der Waals surface area contributed by atoms with Crippen molar-refractivity contribution in [3.05, 3.63) is 45.3 Å². The second-order valence-electron chi connectivity index (χ2n) is 4.04. The Labute approximate surface area is 111 Å². The van der Waals surface area contributed by atoms with E-state index in [0.717, 1.165) is 18.7 Å². The fourth-order valence-electron chi connectivity index (χ4n) is 1.66. The van der Waals surface area contributed by atoms with Crippen LogP contribution >= 0.6 is 11.3 Å². The van der Waals surface area contributed by atoms with Gasteiger partial charge in [0.05, 0.1) is 12.1 Å². The quantitative estimate of drug-likeness (QED) is 0.912. The molecule has 0 aromatic carbocycles. The molecule has 0 aliphatic carbocycles. The monoisotopic (exact) mass is 257 g/mol. The van der Waals surface area contributed by atoms with Crippen LogP contribution in [0.3, 0.4) is 0 Å². The van der Waals surface area contributed by atoms with E-state index in [1.165, 1.54) is 9.75 Å². The first kappa shape index (κ1) is 12.6. The Morgan fingerprint density at radius 3 is 2.72 bits per heavy atom. The van der Waals surface area contributed by atoms with E-state index in [9.17, 15) is 0 Å². The number of nitrogens with one attached hydrogen (secondary N) is 1. The molecule has 0 spiro atoms. The SMILES string of the molecule is CCc1ccc(CNc2nc(C)ccc2C#N)s1. The average molecular weight is 257 g/mol. The van der Waals surface area contributed by atoms with Gasteiger partial charge in [-0.1, -0.05) is 6.92 Å². The number of anilines is 1. The van der Waals surface area contributed by atoms with E-state index in [1.54, 1.807) is 17.4 Å². The summed E-state index contributed by atoms with van der Waals surface area (Å²) in [7, 11) is 0. The van der Waals surface area contributed by atoms with E-state index >= 15 is 0 Å². The predicted molar refractivity (Wildman–Crippen MR) is 74.7 cm³/mol. The smallest absolute Gasteiger partial charge is 0.144 e. The third-order valence-corrected chi connectivity index (χ3v) is 3.88. The molecule has 0 bridgehead atoms. The molecule has 1 N–H and O–H groups in total. The summed E-state index contributed by atoms with van der Waals surface area (Å²) in [5.41, 5.74) is 1.50. The summed E-state index contributed by atoms with van der Waals surface area (Å²) < 4.78 is 0. The van der Waals surface area contributed by atoms with Crippen molar-refractivity contribution in [2.45, 2.75) is 26.8 Å². The van der Waals surface area contributed by atoms with Crippen LogP contribution in [0.5, 0.6) is 0 Å². The van der Waals surface area contributed by atoms with Crippen LogP contribution in [0.25, 0.3) is 0 Å². The lowest BCUT2D eigenvalue weighted by molar-refractivity contribution is 1.10. The molecule has 0 saturated carbocycles. The van der Waals surface area contributed by atoms with Gasteiger partial charge in [-0.25, -0.2) is 4.98 Å². The van der Waals surface area contributed by atoms with Gasteiger partial charge in [-0.15, -0.1) is 11.3 Å². The van der Waals surface area contributed by atoms with E-state index in [-0.39, 0.29) is 0 Å². The highest BCUT2D eigenvalue weighted by molar-refractivity contribution is 7.12. The molecule has 0 fully saturated rings. The molecule has 2 heterocycles. The van der Waals surface area contributed by atoms with Crippen molar-refractivity contribution >= 4 is 17.2 Å². The van der Waals surface area contributed by atoms with Crippen LogP contribution in [-0.2, 0) is 13.0 Å². The Morgan fingerprint density at radius 2 is 2.06 bits per heavy atom. The van der Waals surface area contributed by atoms with Crippen molar-refractivity contribution in [1.82, 2.24) is 4.98 Å². The molecule has 2 aromatic heterocycles. The van der Waals surface area contributed by atoms with Gasteiger partial charge in [0.1, 0.15) is 11.9 Å². The summed E-state index contributed by atoms with van der Waals surface area (Å²) in [5, 5.41) is 12.3. The minimum atomic E-state index is 0.591. The van der Waals surface area contributed by atoms with Gasteiger partial charge in [0.15, 0.2) is 0 Å². The van der Waals surface area contributed by atoms with E-state index in [1.807, 2.05) is 13.0 Å². The molecule has 0 aliphatic heterocycles. The first-order valence-corrected chi connectivity index (χ1v) is 6.73. The van der Waals surface area contributed by atoms with Gasteiger partial charge in [-0.2, -0.15) is 5.26 Å². The maximum Gasteiger partial charge on any atom is 0.144 e. The van der Waals surface area contributed by atoms with Crippen LogP contribution in [0, 0.1) is 18.3 Å². The maximum absolute atomic E-state index is 9.02. The Kier molecular flexibility index (Phi) is 3.96. The molecule has 3 nitrogen and oxygen atoms in total. The largest absolute Gasteiger partial charge is 0.364 e. The van der Waals surface area contributed by atoms with Crippen molar-refractivity contribution in [2.24, 2.45) is 0 Å². The molecule has 2 rings (SSSR count). The summed E-state index contributed by atoms with van der Waals surface area (Å²) in [5.74, 6) is 0.670. The molecule has 2 aromatic rings. The van der Waals surface area contributed by atoms with Gasteiger partial charge >= 0.3 is 0 Å². The zero-order chi connectivity index (χ0) is 13.0. The van der Waals surface area contributed by atoms with Crippen LogP contribution in [0.15, 0.2) is 24.3 Å². The number of aryl methyl sites for hydroxylation is 2. The second-order valence-corrected chi connectivity index (χ2v) is 5.29. The average Bonchev–Trinajstić information content (AvgIpc) is 2.84. The number of rotatable bonds is 4. The normalized spacial score (nSPS) is 10.1. The molecule has 0 unspecified atom stereocenters. The highest BCUT2D eigenvalue weighted by Gasteiger charge is 2.04. The number of thiophene rings is 1. The topological polar surface area (TPSA) is 48.7 Å². The van der Waals surface area contributed by atoms with Crippen LogP contribution in [0.4, 0.5) is 5.82 Å². The summed E-state index contributed by atoms with van der Waals surface area (Å²) in [6.07, 6.45) is 1.07. The minimum absolute atomic E-state index is 0.591. The molecule has 0 amide bonds. The van der Waals surface area contributed by atoms with Gasteiger partial charge in [-0.3, -0.25) is 0 Å². The number of nitrogens with zero attached hydrogens (tertiary/aromatic N) is 2. The lowest BCUT2D eigenvalue weighted by atomic mass is 10.2. The highest BCUT2D eigenvalue weighted by atomic mass is 32.1. The van der Waals surface area contributed by atoms with E-state index in [0.29, 0.717) is 11.4 Å². The van der Waals surface area contributed by atoms with Crippen molar-refractivity contribution in [2.75, 3.05) is 5.32 Å². The maximum atomic E-state index is 9.02. The summed E-state index contributed by atoms with van der Waals surface area (Å²) >= 11 is 1.80. The number of aromatic nitrogens is 1. The molecule has 18 heavy (non-hydrogen) atoms. The molecule has 92 valence electrons. The van der Waals surface area contributed by atoms with E-state index < -0.39 is 0 Å². The number of pyridine rings is 1. The molecule has 0 radical (unpaired) electrons. The van der Waals surface area contributed by atoms with Crippen LogP contribution in [0.1, 0.15) is 27.9 Å². The van der Waals surface area contributed by atoms with Crippen LogP contribution < -0.4 is 5.32 Å². The number of hydrogen-bond donors (Lipinski definition) is 1.